The van der Waals surface area contributed by atoms with E-state index in [1.807, 2.05) is 0 Å². The van der Waals surface area contributed by atoms with Crippen LogP contribution in [0.25, 0.3) is 28.5 Å². The number of nitriles is 1. The zero-order valence-corrected chi connectivity index (χ0v) is 14.2. The number of hydrogen-bond donors (Lipinski definition) is 1. The Bertz CT molecular complexity index is 1230. The molecule has 0 amide bonds. The lowest BCUT2D eigenvalue weighted by molar-refractivity contribution is 0.504. The molecule has 2 aromatic carbocycles. The number of hydrogen-bond acceptors (Lipinski definition) is 6. The predicted molar refractivity (Wildman–Crippen MR) is 96.9 cm³/mol. The summed E-state index contributed by atoms with van der Waals surface area (Å²) in [5.41, 5.74) is 7.57. The molecule has 136 valence electrons. The van der Waals surface area contributed by atoms with Crippen molar-refractivity contribution in [3.05, 3.63) is 72.2 Å². The van der Waals surface area contributed by atoms with Crippen molar-refractivity contribution >= 4 is 5.82 Å². The van der Waals surface area contributed by atoms with Crippen molar-refractivity contribution in [2.45, 2.75) is 0 Å². The molecular formula is C19H11F2N7. The third-order valence-electron chi connectivity index (χ3n) is 4.04. The lowest BCUT2D eigenvalue weighted by Gasteiger charge is -2.10. The molecule has 7 nitrogen and oxygen atoms in total. The monoisotopic (exact) mass is 375 g/mol. The van der Waals surface area contributed by atoms with Gasteiger partial charge in [0.05, 0.1) is 29.2 Å². The molecule has 0 bridgehead atoms. The molecule has 0 aliphatic carbocycles. The van der Waals surface area contributed by atoms with Crippen LogP contribution in [0.1, 0.15) is 5.56 Å². The lowest BCUT2D eigenvalue weighted by Crippen LogP contribution is -2.06. The highest BCUT2D eigenvalue weighted by Crippen LogP contribution is 2.27. The van der Waals surface area contributed by atoms with E-state index in [0.29, 0.717) is 16.8 Å². The summed E-state index contributed by atoms with van der Waals surface area (Å²) in [6.45, 7) is 0. The van der Waals surface area contributed by atoms with Crippen LogP contribution in [0.5, 0.6) is 0 Å². The zero-order valence-electron chi connectivity index (χ0n) is 14.2. The van der Waals surface area contributed by atoms with Crippen molar-refractivity contribution < 1.29 is 8.78 Å². The Kier molecular flexibility index (Phi) is 4.21. The number of halogens is 2. The summed E-state index contributed by atoms with van der Waals surface area (Å²) in [4.78, 5) is 8.59. The summed E-state index contributed by atoms with van der Waals surface area (Å²) < 4.78 is 29.1. The topological polar surface area (TPSA) is 106 Å². The second kappa shape index (κ2) is 6.85. The Labute approximate surface area is 157 Å². The number of aromatic nitrogens is 5. The van der Waals surface area contributed by atoms with E-state index in [4.69, 9.17) is 11.0 Å². The summed E-state index contributed by atoms with van der Waals surface area (Å²) in [5.74, 6) is -1.90. The first-order chi connectivity index (χ1) is 13.6. The molecule has 0 atom stereocenters. The van der Waals surface area contributed by atoms with Crippen LogP contribution in [0.2, 0.25) is 0 Å². The number of nitrogen functional groups attached to an aromatic ring is 1. The molecule has 28 heavy (non-hydrogen) atoms. The average Bonchev–Trinajstić information content (AvgIpc) is 3.20. The molecule has 2 heterocycles. The van der Waals surface area contributed by atoms with Gasteiger partial charge in [-0.05, 0) is 24.3 Å². The van der Waals surface area contributed by atoms with E-state index in [1.165, 1.54) is 29.2 Å². The molecule has 4 aromatic rings. The van der Waals surface area contributed by atoms with Crippen molar-refractivity contribution in [1.82, 2.24) is 24.7 Å². The Morgan fingerprint density at radius 3 is 2.75 bits per heavy atom. The minimum atomic E-state index is -1.05. The minimum absolute atomic E-state index is 0.0475. The first kappa shape index (κ1) is 17.2. The molecule has 4 rings (SSSR count). The van der Waals surface area contributed by atoms with Crippen LogP contribution in [0.15, 0.2) is 55.0 Å². The Hall–Kier alpha value is -4.19. The first-order valence-corrected chi connectivity index (χ1v) is 8.06. The van der Waals surface area contributed by atoms with Crippen LogP contribution in [0.3, 0.4) is 0 Å². The normalized spacial score (nSPS) is 10.6. The van der Waals surface area contributed by atoms with Crippen molar-refractivity contribution in [1.29, 1.82) is 5.26 Å². The molecular weight excluding hydrogens is 364 g/mol. The van der Waals surface area contributed by atoms with Crippen LogP contribution >= 0.6 is 0 Å². The molecule has 0 fully saturated rings. The highest BCUT2D eigenvalue weighted by Gasteiger charge is 2.19. The van der Waals surface area contributed by atoms with Gasteiger partial charge in [-0.25, -0.2) is 18.7 Å². The average molecular weight is 375 g/mol. The summed E-state index contributed by atoms with van der Waals surface area (Å²) in [6, 6.07) is 12.6. The van der Waals surface area contributed by atoms with E-state index in [9.17, 15) is 8.78 Å². The second-order valence-electron chi connectivity index (χ2n) is 5.78. The van der Waals surface area contributed by atoms with Gasteiger partial charge >= 0.3 is 0 Å². The molecule has 0 aliphatic rings. The molecule has 9 heteroatoms. The maximum Gasteiger partial charge on any atom is 0.190 e. The van der Waals surface area contributed by atoms with E-state index in [1.54, 1.807) is 24.3 Å². The standard InChI is InChI=1S/C19H11F2N7/c20-13-5-2-6-15(16(13)21)28-10-25-27-19(28)17-18(23)24-9-14(26-17)12-4-1-3-11(7-12)8-22/h1-7,9-10H,(H2,23,24). The number of nitrogens with zero attached hydrogens (tertiary/aromatic N) is 6. The van der Waals surface area contributed by atoms with Gasteiger partial charge in [-0.2, -0.15) is 5.26 Å². The number of anilines is 1. The van der Waals surface area contributed by atoms with Crippen molar-refractivity contribution in [3.63, 3.8) is 0 Å². The Morgan fingerprint density at radius 1 is 1.11 bits per heavy atom. The molecule has 2 aromatic heterocycles. The Morgan fingerprint density at radius 2 is 1.93 bits per heavy atom. The van der Waals surface area contributed by atoms with Gasteiger partial charge in [0.1, 0.15) is 6.33 Å². The van der Waals surface area contributed by atoms with E-state index in [2.05, 4.69) is 26.2 Å². The fraction of sp³-hybridized carbons (Fsp3) is 0. The van der Waals surface area contributed by atoms with Gasteiger partial charge in [0.25, 0.3) is 0 Å². The van der Waals surface area contributed by atoms with Crippen molar-refractivity contribution in [2.24, 2.45) is 0 Å². The van der Waals surface area contributed by atoms with Crippen molar-refractivity contribution in [3.8, 4) is 34.5 Å². The van der Waals surface area contributed by atoms with E-state index in [-0.39, 0.29) is 23.0 Å². The summed E-state index contributed by atoms with van der Waals surface area (Å²) >= 11 is 0. The minimum Gasteiger partial charge on any atom is -0.382 e. The zero-order chi connectivity index (χ0) is 19.7. The van der Waals surface area contributed by atoms with Crippen LogP contribution in [0, 0.1) is 23.0 Å². The predicted octanol–water partition coefficient (Wildman–Crippen LogP) is 3.12. The number of nitrogens with two attached hydrogens (primary N) is 1. The smallest absolute Gasteiger partial charge is 0.190 e. The van der Waals surface area contributed by atoms with Gasteiger partial charge in [0.2, 0.25) is 0 Å². The summed E-state index contributed by atoms with van der Waals surface area (Å²) in [7, 11) is 0. The highest BCUT2D eigenvalue weighted by molar-refractivity contribution is 5.70. The molecule has 0 spiro atoms. The quantitative estimate of drug-likeness (QED) is 0.590. The Balaban J connectivity index is 1.87. The maximum absolute atomic E-state index is 14.2. The fourth-order valence-electron chi connectivity index (χ4n) is 2.70. The van der Waals surface area contributed by atoms with E-state index < -0.39 is 11.6 Å². The highest BCUT2D eigenvalue weighted by atomic mass is 19.2. The molecule has 0 radical (unpaired) electrons. The molecule has 0 aliphatic heterocycles. The van der Waals surface area contributed by atoms with Gasteiger partial charge in [0, 0.05) is 5.56 Å². The van der Waals surface area contributed by atoms with Crippen LogP contribution in [-0.2, 0) is 0 Å². The van der Waals surface area contributed by atoms with E-state index in [0.717, 1.165) is 6.07 Å². The summed E-state index contributed by atoms with van der Waals surface area (Å²) in [5, 5.41) is 16.8. The van der Waals surface area contributed by atoms with Crippen molar-refractivity contribution in [2.75, 3.05) is 5.73 Å². The fourth-order valence-corrected chi connectivity index (χ4v) is 2.70. The maximum atomic E-state index is 14.2. The molecule has 0 saturated carbocycles. The SMILES string of the molecule is N#Cc1cccc(-c2cnc(N)c(-c3nncn3-c3cccc(F)c3F)n2)c1. The van der Waals surface area contributed by atoms with Crippen LogP contribution < -0.4 is 5.73 Å². The lowest BCUT2D eigenvalue weighted by atomic mass is 10.1. The van der Waals surface area contributed by atoms with Gasteiger partial charge in [0.15, 0.2) is 29.0 Å². The first-order valence-electron chi connectivity index (χ1n) is 8.06. The van der Waals surface area contributed by atoms with Gasteiger partial charge in [-0.1, -0.05) is 18.2 Å². The van der Waals surface area contributed by atoms with Crippen LogP contribution in [-0.4, -0.2) is 24.7 Å². The number of rotatable bonds is 3. The molecule has 2 N–H and O–H groups in total. The number of benzene rings is 2. The van der Waals surface area contributed by atoms with Gasteiger partial charge < -0.3 is 5.73 Å². The van der Waals surface area contributed by atoms with E-state index >= 15 is 0 Å². The largest absolute Gasteiger partial charge is 0.382 e. The van der Waals surface area contributed by atoms with Crippen LogP contribution in [0.4, 0.5) is 14.6 Å². The molecule has 0 unspecified atom stereocenters. The van der Waals surface area contributed by atoms with Gasteiger partial charge in [-0.15, -0.1) is 10.2 Å². The third-order valence-corrected chi connectivity index (χ3v) is 4.04. The molecule has 0 saturated heterocycles. The second-order valence-corrected chi connectivity index (χ2v) is 5.78. The third kappa shape index (κ3) is 2.93. The van der Waals surface area contributed by atoms with Gasteiger partial charge in [-0.3, -0.25) is 4.57 Å². The summed E-state index contributed by atoms with van der Waals surface area (Å²) in [6.07, 6.45) is 2.69.